The second-order valence-corrected chi connectivity index (χ2v) is 11.6. The molecule has 0 radical (unpaired) electrons. The molecule has 0 fully saturated rings. The molecule has 0 aliphatic carbocycles. The molecule has 0 unspecified atom stereocenters. The average Bonchev–Trinajstić information content (AvgIpc) is 2.99. The van der Waals surface area contributed by atoms with Crippen LogP contribution >= 0.6 is 23.5 Å². The van der Waals surface area contributed by atoms with Crippen LogP contribution in [0.1, 0.15) is 27.9 Å². The number of hydrazone groups is 1. The van der Waals surface area contributed by atoms with Crippen LogP contribution in [-0.2, 0) is 11.0 Å². The zero-order chi connectivity index (χ0) is 31.0. The third-order valence-corrected chi connectivity index (χ3v) is 8.40. The lowest BCUT2D eigenvalue weighted by Gasteiger charge is -2.24. The van der Waals surface area contributed by atoms with Gasteiger partial charge in [-0.15, -0.1) is 23.5 Å². The fourth-order valence-corrected chi connectivity index (χ4v) is 5.75. The summed E-state index contributed by atoms with van der Waals surface area (Å²) in [6.07, 6.45) is -0.0864. The molecule has 43 heavy (non-hydrogen) atoms. The third kappa shape index (κ3) is 8.29. The number of alkyl halides is 3. The summed E-state index contributed by atoms with van der Waals surface area (Å²) in [5.74, 6) is -0.444. The van der Waals surface area contributed by atoms with E-state index in [4.69, 9.17) is 0 Å². The Kier molecular flexibility index (Phi) is 10.7. The van der Waals surface area contributed by atoms with Crippen molar-refractivity contribution in [1.82, 2.24) is 15.3 Å². The molecule has 4 aromatic rings. The van der Waals surface area contributed by atoms with Crippen LogP contribution in [0.25, 0.3) is 10.9 Å². The van der Waals surface area contributed by atoms with Gasteiger partial charge >= 0.3 is 6.18 Å². The van der Waals surface area contributed by atoms with Gasteiger partial charge in [0, 0.05) is 59.2 Å². The summed E-state index contributed by atoms with van der Waals surface area (Å²) >= 11 is 3.01. The Labute approximate surface area is 256 Å². The topological polar surface area (TPSA) is 86.7 Å². The summed E-state index contributed by atoms with van der Waals surface area (Å²) in [6, 6.07) is 20.2. The van der Waals surface area contributed by atoms with E-state index in [1.165, 1.54) is 46.8 Å². The van der Waals surface area contributed by atoms with E-state index in [-0.39, 0.29) is 34.5 Å². The largest absolute Gasteiger partial charge is 0.418 e. The van der Waals surface area contributed by atoms with Crippen LogP contribution in [0.15, 0.2) is 93.9 Å². The lowest BCUT2D eigenvalue weighted by molar-refractivity contribution is -0.136. The van der Waals surface area contributed by atoms with Crippen molar-refractivity contribution in [3.05, 3.63) is 95.7 Å². The molecule has 4 rings (SSSR count). The van der Waals surface area contributed by atoms with E-state index in [1.54, 1.807) is 14.1 Å². The number of fused-ring (bicyclic) bond motifs is 1. The molecule has 0 saturated heterocycles. The van der Waals surface area contributed by atoms with E-state index >= 15 is 0 Å². The highest BCUT2D eigenvalue weighted by atomic mass is 32.2. The van der Waals surface area contributed by atoms with Crippen LogP contribution in [0.4, 0.5) is 18.9 Å². The normalized spacial score (nSPS) is 12.3. The van der Waals surface area contributed by atoms with Crippen molar-refractivity contribution in [3.8, 4) is 0 Å². The number of rotatable bonds is 11. The molecule has 2 amide bonds. The van der Waals surface area contributed by atoms with Gasteiger partial charge in [0.25, 0.3) is 5.91 Å². The second kappa shape index (κ2) is 14.4. The molecular weight excluding hydrogens is 596 g/mol. The Balaban J connectivity index is 1.73. The molecule has 1 aromatic heterocycles. The van der Waals surface area contributed by atoms with Crippen LogP contribution in [0.3, 0.4) is 0 Å². The number of carbonyl (C=O) groups excluding carboxylic acids is 2. The number of carbonyl (C=O) groups is 2. The number of hydrogen-bond acceptors (Lipinski definition) is 7. The van der Waals surface area contributed by atoms with E-state index in [2.05, 4.69) is 20.8 Å². The molecule has 12 heteroatoms. The van der Waals surface area contributed by atoms with Crippen molar-refractivity contribution < 1.29 is 22.8 Å². The van der Waals surface area contributed by atoms with Crippen molar-refractivity contribution in [2.75, 3.05) is 31.4 Å². The number of amides is 2. The zero-order valence-corrected chi connectivity index (χ0v) is 25.3. The Morgan fingerprint density at radius 2 is 1.74 bits per heavy atom. The van der Waals surface area contributed by atoms with Gasteiger partial charge in [-0.3, -0.25) is 14.6 Å². The van der Waals surface area contributed by atoms with Gasteiger partial charge in [0.1, 0.15) is 0 Å². The van der Waals surface area contributed by atoms with Crippen LogP contribution in [-0.4, -0.2) is 60.1 Å². The van der Waals surface area contributed by atoms with Crippen LogP contribution in [0, 0.1) is 0 Å². The number of halogens is 3. The fraction of sp³-hybridized carbons (Fsp3) is 0.226. The number of anilines is 1. The van der Waals surface area contributed by atoms with Crippen molar-refractivity contribution in [2.24, 2.45) is 5.10 Å². The highest BCUT2D eigenvalue weighted by molar-refractivity contribution is 7.99. The van der Waals surface area contributed by atoms with Gasteiger partial charge < -0.3 is 10.2 Å². The number of pyridine rings is 1. The summed E-state index contributed by atoms with van der Waals surface area (Å²) in [6.45, 7) is 0. The second-order valence-electron chi connectivity index (χ2n) is 9.65. The maximum Gasteiger partial charge on any atom is 0.418 e. The Hall–Kier alpha value is -4.03. The van der Waals surface area contributed by atoms with Gasteiger partial charge in [0.2, 0.25) is 5.91 Å². The van der Waals surface area contributed by atoms with Crippen LogP contribution in [0.2, 0.25) is 0 Å². The predicted molar refractivity (Wildman–Crippen MR) is 168 cm³/mol. The number of aromatic nitrogens is 1. The molecule has 0 aliphatic rings. The first-order chi connectivity index (χ1) is 20.6. The number of para-hydroxylation sites is 1. The highest BCUT2D eigenvalue weighted by Gasteiger charge is 2.34. The minimum absolute atomic E-state index is 0.00543. The van der Waals surface area contributed by atoms with Gasteiger partial charge in [-0.1, -0.05) is 48.5 Å². The third-order valence-electron chi connectivity index (χ3n) is 6.42. The van der Waals surface area contributed by atoms with Gasteiger partial charge in [0.15, 0.2) is 0 Å². The van der Waals surface area contributed by atoms with Gasteiger partial charge in [-0.2, -0.15) is 18.3 Å². The monoisotopic (exact) mass is 625 g/mol. The predicted octanol–water partition coefficient (Wildman–Crippen LogP) is 6.79. The number of nitrogens with one attached hydrogen (secondary N) is 2. The first-order valence-corrected chi connectivity index (χ1v) is 15.4. The lowest BCUT2D eigenvalue weighted by atomic mass is 10.0. The van der Waals surface area contributed by atoms with E-state index in [9.17, 15) is 22.8 Å². The van der Waals surface area contributed by atoms with E-state index < -0.39 is 23.7 Å². The fourth-order valence-electron chi connectivity index (χ4n) is 4.24. The maximum absolute atomic E-state index is 13.9. The van der Waals surface area contributed by atoms with Gasteiger partial charge in [-0.25, -0.2) is 5.43 Å². The smallest absolute Gasteiger partial charge is 0.380 e. The summed E-state index contributed by atoms with van der Waals surface area (Å²) in [7, 11) is 3.26. The molecule has 7 nitrogen and oxygen atoms in total. The van der Waals surface area contributed by atoms with Gasteiger partial charge in [0.05, 0.1) is 28.5 Å². The molecule has 2 N–H and O–H groups in total. The van der Waals surface area contributed by atoms with Crippen molar-refractivity contribution in [1.29, 1.82) is 0 Å². The molecule has 0 saturated carbocycles. The molecule has 1 atom stereocenters. The first kappa shape index (κ1) is 31.9. The Morgan fingerprint density at radius 3 is 2.44 bits per heavy atom. The highest BCUT2D eigenvalue weighted by Crippen LogP contribution is 2.37. The van der Waals surface area contributed by atoms with Crippen molar-refractivity contribution in [2.45, 2.75) is 28.4 Å². The lowest BCUT2D eigenvalue weighted by Crippen LogP contribution is -2.33. The van der Waals surface area contributed by atoms with Crippen LogP contribution in [0.5, 0.6) is 0 Å². The van der Waals surface area contributed by atoms with Crippen molar-refractivity contribution in [3.63, 3.8) is 0 Å². The van der Waals surface area contributed by atoms with E-state index in [0.29, 0.717) is 5.75 Å². The molecule has 3 aromatic carbocycles. The molecule has 1 heterocycles. The summed E-state index contributed by atoms with van der Waals surface area (Å²) in [5.41, 5.74) is 2.17. The maximum atomic E-state index is 13.9. The summed E-state index contributed by atoms with van der Waals surface area (Å²) in [5, 5.41) is 7.44. The average molecular weight is 626 g/mol. The molecule has 0 spiro atoms. The van der Waals surface area contributed by atoms with E-state index in [1.807, 2.05) is 60.9 Å². The number of nitrogens with zero attached hydrogens (tertiary/aromatic N) is 3. The number of benzene rings is 3. The molecule has 0 aliphatic heterocycles. The Bertz CT molecular complexity index is 1610. The summed E-state index contributed by atoms with van der Waals surface area (Å²) in [4.78, 5) is 33.6. The molecular formula is C31H30F3N5O2S2. The SMILES string of the molecule is CSc1ccccc1/C=N/NC(=O)c1cnc2c(C(F)(F)F)cccc2c1N[C@@H](CSc1ccccc1)CC(=O)N(C)C. The van der Waals surface area contributed by atoms with Crippen LogP contribution < -0.4 is 10.7 Å². The van der Waals surface area contributed by atoms with Crippen molar-refractivity contribution >= 4 is 58.1 Å². The first-order valence-electron chi connectivity index (χ1n) is 13.2. The Morgan fingerprint density at radius 1 is 1.02 bits per heavy atom. The quantitative estimate of drug-likeness (QED) is 0.108. The number of hydrogen-bond donors (Lipinski definition) is 2. The standard InChI is InChI=1S/C31H30F3N5O2S2/c1-39(2)27(40)16-21(19-43-22-11-5-4-6-12-22)37-28-23-13-9-14-25(31(32,33)34)29(23)35-18-24(28)30(41)38-36-17-20-10-7-8-15-26(20)42-3/h4-15,17-18,21H,16,19H2,1-3H3,(H,35,37)(H,38,41)/b36-17+/t21-/m1/s1. The minimum Gasteiger partial charge on any atom is -0.380 e. The molecule has 0 bridgehead atoms. The zero-order valence-electron chi connectivity index (χ0n) is 23.7. The minimum atomic E-state index is -4.66. The molecule has 224 valence electrons. The summed E-state index contributed by atoms with van der Waals surface area (Å²) < 4.78 is 41.7. The van der Waals surface area contributed by atoms with Gasteiger partial charge in [-0.05, 0) is 30.5 Å². The van der Waals surface area contributed by atoms with E-state index in [0.717, 1.165) is 27.6 Å². The number of thioether (sulfide) groups is 2.